The molecular weight excluding hydrogens is 206 g/mol. The van der Waals surface area contributed by atoms with E-state index in [-0.39, 0.29) is 5.91 Å². The predicted molar refractivity (Wildman–Crippen MR) is 65.5 cm³/mol. The quantitative estimate of drug-likeness (QED) is 0.506. The highest BCUT2D eigenvalue weighted by molar-refractivity contribution is 5.75. The minimum Gasteiger partial charge on any atom is -0.378 e. The molecule has 0 aromatic heterocycles. The molecule has 1 amide bonds. The van der Waals surface area contributed by atoms with E-state index < -0.39 is 0 Å². The maximum atomic E-state index is 11.2. The Hall–Kier alpha value is -0.650. The van der Waals surface area contributed by atoms with Crippen LogP contribution in [-0.2, 0) is 9.53 Å². The molecule has 0 saturated heterocycles. The SMILES string of the molecule is CCNCCC(=O)NCCOCCN(C)C. The predicted octanol–water partition coefficient (Wildman–Crippen LogP) is -0.320. The molecular formula is C11H25N3O2. The van der Waals surface area contributed by atoms with E-state index in [1.807, 2.05) is 21.0 Å². The Balaban J connectivity index is 3.15. The van der Waals surface area contributed by atoms with Gasteiger partial charge in [0.1, 0.15) is 0 Å². The normalized spacial score (nSPS) is 10.8. The summed E-state index contributed by atoms with van der Waals surface area (Å²) in [5.41, 5.74) is 0. The van der Waals surface area contributed by atoms with E-state index in [1.54, 1.807) is 0 Å². The van der Waals surface area contributed by atoms with E-state index >= 15 is 0 Å². The minimum atomic E-state index is 0.0807. The molecule has 0 fully saturated rings. The summed E-state index contributed by atoms with van der Waals surface area (Å²) >= 11 is 0. The number of hydrogen-bond donors (Lipinski definition) is 2. The number of hydrogen-bond acceptors (Lipinski definition) is 4. The van der Waals surface area contributed by atoms with E-state index in [0.717, 1.165) is 19.6 Å². The van der Waals surface area contributed by atoms with Gasteiger partial charge in [0.15, 0.2) is 0 Å². The first-order valence-corrected chi connectivity index (χ1v) is 5.86. The van der Waals surface area contributed by atoms with Crippen molar-refractivity contribution in [3.63, 3.8) is 0 Å². The number of amides is 1. The van der Waals surface area contributed by atoms with Crippen molar-refractivity contribution in [2.75, 3.05) is 53.5 Å². The minimum absolute atomic E-state index is 0.0807. The van der Waals surface area contributed by atoms with Crippen LogP contribution >= 0.6 is 0 Å². The van der Waals surface area contributed by atoms with Crippen molar-refractivity contribution in [3.8, 4) is 0 Å². The molecule has 0 atom stereocenters. The number of nitrogens with one attached hydrogen (secondary N) is 2. The van der Waals surface area contributed by atoms with Gasteiger partial charge in [0, 0.05) is 26.1 Å². The molecule has 0 aromatic carbocycles. The summed E-state index contributed by atoms with van der Waals surface area (Å²) in [6, 6.07) is 0. The Morgan fingerprint density at radius 1 is 1.25 bits per heavy atom. The van der Waals surface area contributed by atoms with Crippen LogP contribution in [0.2, 0.25) is 0 Å². The lowest BCUT2D eigenvalue weighted by molar-refractivity contribution is -0.121. The summed E-state index contributed by atoms with van der Waals surface area (Å²) < 4.78 is 5.35. The van der Waals surface area contributed by atoms with E-state index in [1.165, 1.54) is 0 Å². The van der Waals surface area contributed by atoms with Crippen molar-refractivity contribution < 1.29 is 9.53 Å². The Morgan fingerprint density at radius 3 is 2.62 bits per heavy atom. The lowest BCUT2D eigenvalue weighted by atomic mass is 10.4. The van der Waals surface area contributed by atoms with Gasteiger partial charge in [-0.2, -0.15) is 0 Å². The van der Waals surface area contributed by atoms with Gasteiger partial charge in [0.25, 0.3) is 0 Å². The van der Waals surface area contributed by atoms with Crippen molar-refractivity contribution in [2.24, 2.45) is 0 Å². The van der Waals surface area contributed by atoms with Gasteiger partial charge in [-0.1, -0.05) is 6.92 Å². The third kappa shape index (κ3) is 11.4. The third-order valence-corrected chi connectivity index (χ3v) is 2.03. The molecule has 0 heterocycles. The largest absolute Gasteiger partial charge is 0.378 e. The average Bonchev–Trinajstić information content (AvgIpc) is 2.23. The van der Waals surface area contributed by atoms with Crippen LogP contribution in [0.3, 0.4) is 0 Å². The molecule has 16 heavy (non-hydrogen) atoms. The second kappa shape index (κ2) is 10.9. The summed E-state index contributed by atoms with van der Waals surface area (Å²) in [5, 5.41) is 5.92. The van der Waals surface area contributed by atoms with Crippen molar-refractivity contribution in [2.45, 2.75) is 13.3 Å². The maximum absolute atomic E-state index is 11.2. The molecule has 2 N–H and O–H groups in total. The Bertz CT molecular complexity index is 175. The molecule has 0 aromatic rings. The number of ether oxygens (including phenoxy) is 1. The number of carbonyl (C=O) groups is 1. The summed E-state index contributed by atoms with van der Waals surface area (Å²) in [6.45, 7) is 6.47. The van der Waals surface area contributed by atoms with Gasteiger partial charge in [-0.25, -0.2) is 0 Å². The van der Waals surface area contributed by atoms with Crippen LogP contribution in [0.25, 0.3) is 0 Å². The lowest BCUT2D eigenvalue weighted by Gasteiger charge is -2.10. The van der Waals surface area contributed by atoms with Gasteiger partial charge in [-0.3, -0.25) is 4.79 Å². The first-order chi connectivity index (χ1) is 7.66. The van der Waals surface area contributed by atoms with Gasteiger partial charge in [-0.05, 0) is 20.6 Å². The molecule has 0 bridgehead atoms. The first-order valence-electron chi connectivity index (χ1n) is 5.86. The van der Waals surface area contributed by atoms with Gasteiger partial charge in [0.05, 0.1) is 13.2 Å². The van der Waals surface area contributed by atoms with Crippen LogP contribution in [0.4, 0.5) is 0 Å². The summed E-state index contributed by atoms with van der Waals surface area (Å²) in [6.07, 6.45) is 0.533. The van der Waals surface area contributed by atoms with E-state index in [9.17, 15) is 4.79 Å². The Morgan fingerprint density at radius 2 is 2.00 bits per heavy atom. The molecule has 5 nitrogen and oxygen atoms in total. The zero-order chi connectivity index (χ0) is 12.2. The van der Waals surface area contributed by atoms with E-state index in [0.29, 0.717) is 26.2 Å². The van der Waals surface area contributed by atoms with Crippen LogP contribution in [0, 0.1) is 0 Å². The monoisotopic (exact) mass is 231 g/mol. The first kappa shape index (κ1) is 15.3. The molecule has 0 aliphatic rings. The average molecular weight is 231 g/mol. The highest BCUT2D eigenvalue weighted by atomic mass is 16.5. The van der Waals surface area contributed by atoms with E-state index in [2.05, 4.69) is 15.5 Å². The molecule has 5 heteroatoms. The molecule has 0 spiro atoms. The lowest BCUT2D eigenvalue weighted by Crippen LogP contribution is -2.30. The van der Waals surface area contributed by atoms with Crippen molar-refractivity contribution in [3.05, 3.63) is 0 Å². The topological polar surface area (TPSA) is 53.6 Å². The molecule has 0 aliphatic carbocycles. The fourth-order valence-corrected chi connectivity index (χ4v) is 1.08. The third-order valence-electron chi connectivity index (χ3n) is 2.03. The molecule has 0 aliphatic heterocycles. The molecule has 0 radical (unpaired) electrons. The standard InChI is InChI=1S/C11H25N3O2/c1-4-12-6-5-11(15)13-7-9-16-10-8-14(2)3/h12H,4-10H2,1-3H3,(H,13,15). The maximum Gasteiger partial charge on any atom is 0.221 e. The van der Waals surface area contributed by atoms with Crippen LogP contribution in [0.1, 0.15) is 13.3 Å². The number of carbonyl (C=O) groups excluding carboxylic acids is 1. The highest BCUT2D eigenvalue weighted by Gasteiger charge is 1.99. The van der Waals surface area contributed by atoms with Crippen LogP contribution in [0.5, 0.6) is 0 Å². The van der Waals surface area contributed by atoms with Crippen LogP contribution < -0.4 is 10.6 Å². The second-order valence-corrected chi connectivity index (χ2v) is 3.87. The molecule has 0 saturated carbocycles. The summed E-state index contributed by atoms with van der Waals surface area (Å²) in [4.78, 5) is 13.3. The Kier molecular flexibility index (Phi) is 10.4. The van der Waals surface area contributed by atoms with Crippen molar-refractivity contribution >= 4 is 5.91 Å². The molecule has 0 rings (SSSR count). The van der Waals surface area contributed by atoms with E-state index in [4.69, 9.17) is 4.74 Å². The summed E-state index contributed by atoms with van der Waals surface area (Å²) in [5.74, 6) is 0.0807. The van der Waals surface area contributed by atoms with Crippen LogP contribution in [-0.4, -0.2) is 64.3 Å². The zero-order valence-electron chi connectivity index (χ0n) is 10.7. The number of likely N-dealkylation sites (N-methyl/N-ethyl adjacent to an activating group) is 1. The van der Waals surface area contributed by atoms with Gasteiger partial charge < -0.3 is 20.3 Å². The van der Waals surface area contributed by atoms with Crippen molar-refractivity contribution in [1.29, 1.82) is 0 Å². The van der Waals surface area contributed by atoms with Crippen molar-refractivity contribution in [1.82, 2.24) is 15.5 Å². The molecule has 96 valence electrons. The molecule has 0 unspecified atom stereocenters. The number of nitrogens with zero attached hydrogens (tertiary/aromatic N) is 1. The zero-order valence-corrected chi connectivity index (χ0v) is 10.7. The van der Waals surface area contributed by atoms with Gasteiger partial charge in [0.2, 0.25) is 5.91 Å². The number of rotatable bonds is 10. The van der Waals surface area contributed by atoms with Gasteiger partial charge >= 0.3 is 0 Å². The second-order valence-electron chi connectivity index (χ2n) is 3.87. The fourth-order valence-electron chi connectivity index (χ4n) is 1.08. The summed E-state index contributed by atoms with van der Waals surface area (Å²) in [7, 11) is 4.01. The fraction of sp³-hybridized carbons (Fsp3) is 0.909. The smallest absolute Gasteiger partial charge is 0.221 e. The van der Waals surface area contributed by atoms with Crippen LogP contribution in [0.15, 0.2) is 0 Å². The van der Waals surface area contributed by atoms with Gasteiger partial charge in [-0.15, -0.1) is 0 Å². The highest BCUT2D eigenvalue weighted by Crippen LogP contribution is 1.80. The Labute approximate surface area is 98.5 Å².